The van der Waals surface area contributed by atoms with Crippen molar-refractivity contribution in [2.24, 2.45) is 11.8 Å². The number of Topliss-reactive ketones (excluding diaryl/α,β-unsaturated/α-hetero) is 1. The lowest BCUT2D eigenvalue weighted by Crippen LogP contribution is -2.43. The summed E-state index contributed by atoms with van der Waals surface area (Å²) in [5.41, 5.74) is 1.95. The molecule has 108 valence electrons. The zero-order chi connectivity index (χ0) is 14.9. The van der Waals surface area contributed by atoms with Gasteiger partial charge in [0.15, 0.2) is 5.78 Å². The minimum Gasteiger partial charge on any atom is -0.293 e. The topological polar surface area (TPSA) is 17.1 Å². The molecule has 1 aliphatic rings. The zero-order valence-electron chi connectivity index (χ0n) is 12.1. The van der Waals surface area contributed by atoms with Crippen LogP contribution in [-0.2, 0) is 4.79 Å². The normalized spacial score (nSPS) is 29.2. The second kappa shape index (κ2) is 6.03. The van der Waals surface area contributed by atoms with Crippen molar-refractivity contribution in [1.29, 1.82) is 0 Å². The van der Waals surface area contributed by atoms with Crippen LogP contribution in [0.3, 0.4) is 0 Å². The molecule has 1 aromatic rings. The van der Waals surface area contributed by atoms with Crippen LogP contribution >= 0.6 is 27.5 Å². The molecule has 0 aliphatic heterocycles. The van der Waals surface area contributed by atoms with Crippen molar-refractivity contribution in [3.63, 3.8) is 0 Å². The maximum absolute atomic E-state index is 12.8. The van der Waals surface area contributed by atoms with Crippen molar-refractivity contribution in [2.45, 2.75) is 37.9 Å². The highest BCUT2D eigenvalue weighted by atomic mass is 79.9. The molecule has 2 atom stereocenters. The van der Waals surface area contributed by atoms with Crippen LogP contribution in [0.4, 0.5) is 0 Å². The number of hydrogen-bond acceptors (Lipinski definition) is 1. The molecule has 0 saturated heterocycles. The van der Waals surface area contributed by atoms with Gasteiger partial charge in [-0.1, -0.05) is 60.4 Å². The first kappa shape index (κ1) is 15.8. The number of hydrogen-bond donors (Lipinski definition) is 0. The standard InChI is InChI=1S/C17H20BrClO/c1-11(2)17(18)9-8-12(3)15(16(17)20)10-13-4-6-14(19)7-5-13/h4-7,10-12H,8-9H2,1-3H3/b15-10+/t12-,17+/m1/s1. The average molecular weight is 356 g/mol. The Bertz CT molecular complexity index is 532. The van der Waals surface area contributed by atoms with Crippen LogP contribution in [0.1, 0.15) is 39.2 Å². The number of carbonyl (C=O) groups excluding carboxylic acids is 1. The summed E-state index contributed by atoms with van der Waals surface area (Å²) in [4.78, 5) is 12.8. The predicted molar refractivity (Wildman–Crippen MR) is 89.3 cm³/mol. The van der Waals surface area contributed by atoms with E-state index in [1.165, 1.54) is 0 Å². The highest BCUT2D eigenvalue weighted by Crippen LogP contribution is 2.44. The average Bonchev–Trinajstić information content (AvgIpc) is 2.41. The number of rotatable bonds is 2. The van der Waals surface area contributed by atoms with E-state index >= 15 is 0 Å². The summed E-state index contributed by atoms with van der Waals surface area (Å²) >= 11 is 9.61. The van der Waals surface area contributed by atoms with Crippen LogP contribution in [0.15, 0.2) is 29.8 Å². The van der Waals surface area contributed by atoms with E-state index in [0.29, 0.717) is 10.9 Å². The van der Waals surface area contributed by atoms with Gasteiger partial charge >= 0.3 is 0 Å². The summed E-state index contributed by atoms with van der Waals surface area (Å²) in [7, 11) is 0. The van der Waals surface area contributed by atoms with Crippen LogP contribution < -0.4 is 0 Å². The van der Waals surface area contributed by atoms with Crippen LogP contribution in [0.5, 0.6) is 0 Å². The molecule has 20 heavy (non-hydrogen) atoms. The fraction of sp³-hybridized carbons (Fsp3) is 0.471. The number of halogens is 2. The SMILES string of the molecule is CC(C)[C@@]1(Br)CC[C@@H](C)/C(=C\c2ccc(Cl)cc2)C1=O. The van der Waals surface area contributed by atoms with Crippen molar-refractivity contribution < 1.29 is 4.79 Å². The molecule has 0 bridgehead atoms. The van der Waals surface area contributed by atoms with Crippen LogP contribution in [0, 0.1) is 11.8 Å². The zero-order valence-corrected chi connectivity index (χ0v) is 14.5. The third-order valence-corrected chi connectivity index (χ3v) is 6.14. The van der Waals surface area contributed by atoms with E-state index in [0.717, 1.165) is 24.0 Å². The fourth-order valence-corrected chi connectivity index (χ4v) is 3.24. The Kier molecular flexibility index (Phi) is 4.76. The van der Waals surface area contributed by atoms with Gasteiger partial charge in [0.1, 0.15) is 0 Å². The molecule has 2 rings (SSSR count). The van der Waals surface area contributed by atoms with Crippen LogP contribution in [0.2, 0.25) is 5.02 Å². The molecule has 1 aromatic carbocycles. The quantitative estimate of drug-likeness (QED) is 0.505. The summed E-state index contributed by atoms with van der Waals surface area (Å²) in [6, 6.07) is 7.62. The van der Waals surface area contributed by atoms with Gasteiger partial charge in [-0.2, -0.15) is 0 Å². The highest BCUT2D eigenvalue weighted by Gasteiger charge is 2.44. The largest absolute Gasteiger partial charge is 0.293 e. The summed E-state index contributed by atoms with van der Waals surface area (Å²) in [5, 5.41) is 0.715. The van der Waals surface area contributed by atoms with E-state index < -0.39 is 4.32 Å². The smallest absolute Gasteiger partial charge is 0.176 e. The van der Waals surface area contributed by atoms with Gasteiger partial charge in [0.2, 0.25) is 0 Å². The molecule has 1 nitrogen and oxygen atoms in total. The predicted octanol–water partition coefficient (Wildman–Crippen LogP) is 5.51. The molecule has 0 amide bonds. The molecule has 0 heterocycles. The molecule has 0 radical (unpaired) electrons. The number of ketones is 1. The minimum atomic E-state index is -0.405. The third kappa shape index (κ3) is 3.01. The molecule has 0 spiro atoms. The van der Waals surface area contributed by atoms with Crippen LogP contribution in [0.25, 0.3) is 6.08 Å². The number of allylic oxidation sites excluding steroid dienone is 1. The molecule has 0 aromatic heterocycles. The summed E-state index contributed by atoms with van der Waals surface area (Å²) in [5.74, 6) is 0.833. The maximum Gasteiger partial charge on any atom is 0.176 e. The van der Waals surface area contributed by atoms with E-state index in [1.54, 1.807) is 0 Å². The Morgan fingerprint density at radius 2 is 1.95 bits per heavy atom. The molecule has 0 unspecified atom stereocenters. The van der Waals surface area contributed by atoms with Crippen molar-refractivity contribution in [1.82, 2.24) is 0 Å². The third-order valence-electron chi connectivity index (χ3n) is 4.22. The number of alkyl halides is 1. The number of carbonyl (C=O) groups is 1. The second-order valence-electron chi connectivity index (χ2n) is 5.94. The summed E-state index contributed by atoms with van der Waals surface area (Å²) < 4.78 is -0.405. The van der Waals surface area contributed by atoms with E-state index in [1.807, 2.05) is 30.3 Å². The summed E-state index contributed by atoms with van der Waals surface area (Å²) in [6.45, 7) is 6.33. The van der Waals surface area contributed by atoms with Crippen molar-refractivity contribution in [3.05, 3.63) is 40.4 Å². The maximum atomic E-state index is 12.8. The Balaban J connectivity index is 2.37. The molecule has 0 N–H and O–H groups in total. The van der Waals surface area contributed by atoms with E-state index in [4.69, 9.17) is 11.6 Å². The van der Waals surface area contributed by atoms with Gasteiger partial charge < -0.3 is 0 Å². The van der Waals surface area contributed by atoms with E-state index in [2.05, 4.69) is 36.7 Å². The lowest BCUT2D eigenvalue weighted by molar-refractivity contribution is -0.120. The van der Waals surface area contributed by atoms with Crippen molar-refractivity contribution in [3.8, 4) is 0 Å². The Labute approximate surface area is 134 Å². The molecule has 3 heteroatoms. The van der Waals surface area contributed by atoms with Crippen molar-refractivity contribution >= 4 is 39.4 Å². The van der Waals surface area contributed by atoms with Gasteiger partial charge in [-0.05, 0) is 48.4 Å². The van der Waals surface area contributed by atoms with Gasteiger partial charge in [0.05, 0.1) is 4.32 Å². The fourth-order valence-electron chi connectivity index (χ4n) is 2.66. The second-order valence-corrected chi connectivity index (χ2v) is 7.79. The monoisotopic (exact) mass is 354 g/mol. The Hall–Kier alpha value is -0.600. The number of benzene rings is 1. The van der Waals surface area contributed by atoms with Gasteiger partial charge in [-0.15, -0.1) is 0 Å². The molecular formula is C17H20BrClO. The summed E-state index contributed by atoms with van der Waals surface area (Å²) in [6.07, 6.45) is 3.96. The molecule has 1 saturated carbocycles. The Morgan fingerprint density at radius 1 is 1.35 bits per heavy atom. The molecule has 1 aliphatic carbocycles. The van der Waals surface area contributed by atoms with Crippen LogP contribution in [-0.4, -0.2) is 10.1 Å². The minimum absolute atomic E-state index is 0.237. The molecule has 1 fully saturated rings. The van der Waals surface area contributed by atoms with E-state index in [9.17, 15) is 4.79 Å². The highest BCUT2D eigenvalue weighted by molar-refractivity contribution is 9.10. The van der Waals surface area contributed by atoms with E-state index in [-0.39, 0.29) is 11.7 Å². The first-order valence-corrected chi connectivity index (χ1v) is 8.22. The first-order chi connectivity index (χ1) is 9.34. The van der Waals surface area contributed by atoms with Gasteiger partial charge in [-0.3, -0.25) is 4.79 Å². The lowest BCUT2D eigenvalue weighted by atomic mass is 9.73. The van der Waals surface area contributed by atoms with Gasteiger partial charge in [0, 0.05) is 10.6 Å². The van der Waals surface area contributed by atoms with Crippen molar-refractivity contribution in [2.75, 3.05) is 0 Å². The Morgan fingerprint density at radius 3 is 2.50 bits per heavy atom. The molecular weight excluding hydrogens is 336 g/mol. The first-order valence-electron chi connectivity index (χ1n) is 7.05. The van der Waals surface area contributed by atoms with Gasteiger partial charge in [-0.25, -0.2) is 0 Å². The van der Waals surface area contributed by atoms with Gasteiger partial charge in [0.25, 0.3) is 0 Å². The lowest BCUT2D eigenvalue weighted by Gasteiger charge is -2.38.